The Labute approximate surface area is 169 Å². The van der Waals surface area contributed by atoms with Gasteiger partial charge in [0.1, 0.15) is 17.8 Å². The summed E-state index contributed by atoms with van der Waals surface area (Å²) in [5.74, 6) is -0.510. The van der Waals surface area contributed by atoms with Crippen LogP contribution in [0, 0.1) is 0 Å². The summed E-state index contributed by atoms with van der Waals surface area (Å²) in [6.45, 7) is 1.85. The number of ether oxygens (including phenoxy) is 2. The first-order valence-corrected chi connectivity index (χ1v) is 11.2. The molecule has 1 aliphatic heterocycles. The molecule has 0 radical (unpaired) electrons. The average molecular weight is 434 g/mol. The quantitative estimate of drug-likeness (QED) is 0.172. The number of carbonyl (C=O) groups excluding carboxylic acids is 1. The topological polar surface area (TPSA) is 147 Å². The Bertz CT molecular complexity index is 710. The Morgan fingerprint density at radius 3 is 2.62 bits per heavy atom. The number of rotatable bonds is 11. The van der Waals surface area contributed by atoms with Crippen molar-refractivity contribution in [3.63, 3.8) is 0 Å². The van der Waals surface area contributed by atoms with E-state index in [2.05, 4.69) is 11.4 Å². The number of aliphatic hydroxyl groups excluding tert-OH is 2. The fraction of sp³-hybridized carbons (Fsp3) is 0.667. The van der Waals surface area contributed by atoms with E-state index in [4.69, 9.17) is 19.3 Å². The van der Waals surface area contributed by atoms with Crippen LogP contribution in [0.3, 0.4) is 0 Å². The summed E-state index contributed by atoms with van der Waals surface area (Å²) in [6, 6.07) is 3.13. The van der Waals surface area contributed by atoms with Gasteiger partial charge in [-0.3, -0.25) is 4.52 Å². The van der Waals surface area contributed by atoms with Crippen LogP contribution in [-0.2, 0) is 18.6 Å². The molecule has 1 aliphatic rings. The van der Waals surface area contributed by atoms with E-state index in [0.29, 0.717) is 6.61 Å². The first kappa shape index (κ1) is 23.9. The standard InChI is InChI=1S/C18H28NO9P/c1-2-3-4-5-6-10-26-18(22)13-8-7-9-19(11-13)17-16(21)15(20)14(28-17)12-27-29(23,24)25/h7-9,11,14-17,20-21H,2-6,10,12H2,1H3,(H-,23,24,25)/p+1/t14-,15+,16+,17-/m1/s1. The third-order valence-corrected chi connectivity index (χ3v) is 5.06. The summed E-state index contributed by atoms with van der Waals surface area (Å²) in [4.78, 5) is 29.8. The van der Waals surface area contributed by atoms with Gasteiger partial charge >= 0.3 is 13.8 Å². The number of aliphatic hydroxyl groups is 2. The maximum atomic E-state index is 12.2. The molecule has 164 valence electrons. The van der Waals surface area contributed by atoms with Crippen molar-refractivity contribution in [1.29, 1.82) is 0 Å². The lowest BCUT2D eigenvalue weighted by molar-refractivity contribution is -0.765. The van der Waals surface area contributed by atoms with Crippen LogP contribution in [0.1, 0.15) is 55.6 Å². The lowest BCUT2D eigenvalue weighted by Crippen LogP contribution is -2.46. The fourth-order valence-electron chi connectivity index (χ4n) is 3.01. The minimum Gasteiger partial charge on any atom is -0.462 e. The Hall–Kier alpha value is -1.39. The molecule has 1 fully saturated rings. The highest BCUT2D eigenvalue weighted by Crippen LogP contribution is 2.37. The number of phosphoric ester groups is 1. The number of hydrogen-bond acceptors (Lipinski definition) is 7. The van der Waals surface area contributed by atoms with E-state index in [1.807, 2.05) is 0 Å². The van der Waals surface area contributed by atoms with Gasteiger partial charge < -0.3 is 29.5 Å². The van der Waals surface area contributed by atoms with Gasteiger partial charge in [0.15, 0.2) is 18.5 Å². The summed E-state index contributed by atoms with van der Waals surface area (Å²) < 4.78 is 27.3. The van der Waals surface area contributed by atoms with Crippen molar-refractivity contribution in [3.05, 3.63) is 30.1 Å². The van der Waals surface area contributed by atoms with E-state index in [-0.39, 0.29) is 5.56 Å². The van der Waals surface area contributed by atoms with E-state index in [0.717, 1.165) is 32.1 Å². The molecule has 2 rings (SSSR count). The van der Waals surface area contributed by atoms with E-state index in [1.54, 1.807) is 12.1 Å². The van der Waals surface area contributed by atoms with Crippen molar-refractivity contribution in [1.82, 2.24) is 0 Å². The predicted octanol–water partition coefficient (Wildman–Crippen LogP) is 0.830. The molecule has 0 aliphatic carbocycles. The normalized spacial score (nSPS) is 24.6. The Kier molecular flexibility index (Phi) is 9.16. The zero-order valence-corrected chi connectivity index (χ0v) is 17.2. The van der Waals surface area contributed by atoms with Crippen LogP contribution in [0.4, 0.5) is 0 Å². The number of hydrogen-bond donors (Lipinski definition) is 4. The monoisotopic (exact) mass is 434 g/mol. The average Bonchev–Trinajstić information content (AvgIpc) is 2.97. The van der Waals surface area contributed by atoms with Crippen LogP contribution < -0.4 is 4.57 Å². The molecule has 1 aromatic heterocycles. The lowest BCUT2D eigenvalue weighted by Gasteiger charge is -2.13. The van der Waals surface area contributed by atoms with Gasteiger partial charge in [-0.15, -0.1) is 0 Å². The minimum atomic E-state index is -4.74. The van der Waals surface area contributed by atoms with Gasteiger partial charge in [0.05, 0.1) is 13.2 Å². The van der Waals surface area contributed by atoms with Crippen LogP contribution in [-0.4, -0.2) is 57.5 Å². The summed E-state index contributed by atoms with van der Waals surface area (Å²) in [5, 5.41) is 20.3. The van der Waals surface area contributed by atoms with Crippen LogP contribution in [0.15, 0.2) is 24.5 Å². The Balaban J connectivity index is 1.94. The van der Waals surface area contributed by atoms with E-state index in [9.17, 15) is 19.6 Å². The molecule has 0 bridgehead atoms. The largest absolute Gasteiger partial charge is 0.469 e. The van der Waals surface area contributed by atoms with Crippen molar-refractivity contribution in [2.75, 3.05) is 13.2 Å². The highest BCUT2D eigenvalue weighted by Gasteiger charge is 2.49. The van der Waals surface area contributed by atoms with Crippen molar-refractivity contribution in [2.45, 2.75) is 63.6 Å². The second kappa shape index (κ2) is 11.1. The van der Waals surface area contributed by atoms with Crippen LogP contribution in [0.25, 0.3) is 0 Å². The van der Waals surface area contributed by atoms with Gasteiger partial charge in [-0.05, 0) is 12.5 Å². The van der Waals surface area contributed by atoms with Gasteiger partial charge in [-0.1, -0.05) is 32.6 Å². The number of unbranched alkanes of at least 4 members (excludes halogenated alkanes) is 4. The third-order valence-electron chi connectivity index (χ3n) is 4.58. The number of carbonyl (C=O) groups is 1. The first-order valence-electron chi connectivity index (χ1n) is 9.62. The van der Waals surface area contributed by atoms with E-state index in [1.165, 1.54) is 17.0 Å². The summed E-state index contributed by atoms with van der Waals surface area (Å²) in [6.07, 6.45) is 3.14. The summed E-state index contributed by atoms with van der Waals surface area (Å²) >= 11 is 0. The molecule has 0 unspecified atom stereocenters. The van der Waals surface area contributed by atoms with Gasteiger partial charge in [0, 0.05) is 6.07 Å². The van der Waals surface area contributed by atoms with Gasteiger partial charge in [0.25, 0.3) is 6.23 Å². The molecule has 1 saturated heterocycles. The lowest BCUT2D eigenvalue weighted by atomic mass is 10.1. The molecule has 4 N–H and O–H groups in total. The molecule has 4 atom stereocenters. The van der Waals surface area contributed by atoms with E-state index < -0.39 is 44.9 Å². The summed E-state index contributed by atoms with van der Waals surface area (Å²) in [7, 11) is -4.74. The van der Waals surface area contributed by atoms with Gasteiger partial charge in [-0.2, -0.15) is 4.57 Å². The maximum Gasteiger partial charge on any atom is 0.469 e. The Morgan fingerprint density at radius 2 is 1.93 bits per heavy atom. The van der Waals surface area contributed by atoms with Crippen molar-refractivity contribution in [3.8, 4) is 0 Å². The van der Waals surface area contributed by atoms with Gasteiger partial charge in [-0.25, -0.2) is 9.36 Å². The first-order chi connectivity index (χ1) is 13.7. The molecular formula is C18H29NO9P+. The molecular weight excluding hydrogens is 405 g/mol. The maximum absolute atomic E-state index is 12.2. The molecule has 0 saturated carbocycles. The highest BCUT2D eigenvalue weighted by molar-refractivity contribution is 7.46. The van der Waals surface area contributed by atoms with Crippen LogP contribution >= 0.6 is 7.82 Å². The second-order valence-corrected chi connectivity index (χ2v) is 8.16. The zero-order chi connectivity index (χ0) is 21.4. The number of pyridine rings is 1. The zero-order valence-electron chi connectivity index (χ0n) is 16.3. The molecule has 1 aromatic rings. The van der Waals surface area contributed by atoms with Crippen LogP contribution in [0.2, 0.25) is 0 Å². The molecule has 2 heterocycles. The molecule has 10 nitrogen and oxygen atoms in total. The molecule has 0 amide bonds. The van der Waals surface area contributed by atoms with Crippen molar-refractivity contribution < 1.29 is 47.9 Å². The number of phosphoric acid groups is 1. The third kappa shape index (κ3) is 7.42. The number of esters is 1. The fourth-order valence-corrected chi connectivity index (χ4v) is 3.35. The summed E-state index contributed by atoms with van der Waals surface area (Å²) in [5.41, 5.74) is 0.251. The van der Waals surface area contributed by atoms with E-state index >= 15 is 0 Å². The predicted molar refractivity (Wildman–Crippen MR) is 99.6 cm³/mol. The smallest absolute Gasteiger partial charge is 0.462 e. The molecule has 29 heavy (non-hydrogen) atoms. The highest BCUT2D eigenvalue weighted by atomic mass is 31.2. The number of nitrogens with zero attached hydrogens (tertiary/aromatic N) is 1. The SMILES string of the molecule is CCCCCCCOC(=O)c1ccc[n+]([C@@H]2O[C@H](COP(=O)(O)O)[C@H](O)[C@@H]2O)c1. The van der Waals surface area contributed by atoms with Gasteiger partial charge in [0.2, 0.25) is 0 Å². The number of aromatic nitrogens is 1. The molecule has 0 aromatic carbocycles. The Morgan fingerprint density at radius 1 is 1.21 bits per heavy atom. The molecule has 0 spiro atoms. The second-order valence-electron chi connectivity index (χ2n) is 6.92. The van der Waals surface area contributed by atoms with Crippen molar-refractivity contribution >= 4 is 13.8 Å². The minimum absolute atomic E-state index is 0.251. The van der Waals surface area contributed by atoms with Crippen LogP contribution in [0.5, 0.6) is 0 Å². The van der Waals surface area contributed by atoms with Crippen molar-refractivity contribution in [2.24, 2.45) is 0 Å². The molecule has 11 heteroatoms.